The number of hydrogen-bond acceptors (Lipinski definition) is 2. The van der Waals surface area contributed by atoms with E-state index in [2.05, 4.69) is 10.3 Å². The molecule has 0 saturated heterocycles. The Hall–Kier alpha value is -2.66. The fourth-order valence-corrected chi connectivity index (χ4v) is 2.54. The van der Waals surface area contributed by atoms with E-state index in [1.165, 1.54) is 12.1 Å². The van der Waals surface area contributed by atoms with E-state index in [9.17, 15) is 9.18 Å². The number of benzene rings is 2. The van der Waals surface area contributed by atoms with Crippen molar-refractivity contribution in [2.24, 2.45) is 0 Å². The number of halogens is 2. The minimum Gasteiger partial charge on any atom is -0.348 e. The molecule has 1 aromatic heterocycles. The van der Waals surface area contributed by atoms with Crippen molar-refractivity contribution < 1.29 is 9.18 Å². The van der Waals surface area contributed by atoms with Crippen LogP contribution >= 0.6 is 11.6 Å². The Morgan fingerprint density at radius 2 is 2.04 bits per heavy atom. The van der Waals surface area contributed by atoms with Gasteiger partial charge in [-0.25, -0.2) is 9.37 Å². The maximum atomic E-state index is 13.7. The van der Waals surface area contributed by atoms with Crippen molar-refractivity contribution in [2.45, 2.75) is 13.1 Å². The molecule has 1 amide bonds. The number of carbonyl (C=O) groups is 1. The lowest BCUT2D eigenvalue weighted by atomic mass is 10.1. The van der Waals surface area contributed by atoms with Crippen LogP contribution in [0.1, 0.15) is 21.5 Å². The zero-order valence-corrected chi connectivity index (χ0v) is 13.5. The quantitative estimate of drug-likeness (QED) is 0.768. The predicted octanol–water partition coefficient (Wildman–Crippen LogP) is 3.65. The monoisotopic (exact) mass is 343 g/mol. The third-order valence-corrected chi connectivity index (χ3v) is 3.78. The van der Waals surface area contributed by atoms with Crippen molar-refractivity contribution in [3.8, 4) is 0 Å². The first-order valence-electron chi connectivity index (χ1n) is 7.38. The highest BCUT2D eigenvalue weighted by Gasteiger charge is 2.11. The van der Waals surface area contributed by atoms with Gasteiger partial charge >= 0.3 is 0 Å². The SMILES string of the molecule is O=C(NCc1cccc(Cn2ccnc2)c1)c1ccc(Cl)cc1F. The van der Waals surface area contributed by atoms with Crippen LogP contribution < -0.4 is 5.32 Å². The molecule has 0 spiro atoms. The second-order valence-electron chi connectivity index (χ2n) is 5.36. The number of nitrogens with zero attached hydrogens (tertiary/aromatic N) is 2. The van der Waals surface area contributed by atoms with Gasteiger partial charge < -0.3 is 9.88 Å². The molecule has 0 atom stereocenters. The van der Waals surface area contributed by atoms with Crippen molar-refractivity contribution >= 4 is 17.5 Å². The van der Waals surface area contributed by atoms with Gasteiger partial charge in [-0.3, -0.25) is 4.79 Å². The number of aromatic nitrogens is 2. The highest BCUT2D eigenvalue weighted by molar-refractivity contribution is 6.30. The van der Waals surface area contributed by atoms with E-state index in [1.54, 1.807) is 12.5 Å². The summed E-state index contributed by atoms with van der Waals surface area (Å²) in [5, 5.41) is 2.98. The van der Waals surface area contributed by atoms with Crippen LogP contribution in [-0.2, 0) is 13.1 Å². The Morgan fingerprint density at radius 3 is 2.79 bits per heavy atom. The second kappa shape index (κ2) is 7.27. The molecule has 4 nitrogen and oxygen atoms in total. The molecule has 1 N–H and O–H groups in total. The summed E-state index contributed by atoms with van der Waals surface area (Å²) in [6.45, 7) is 1.02. The molecule has 3 aromatic rings. The molecule has 24 heavy (non-hydrogen) atoms. The molecule has 0 fully saturated rings. The Bertz CT molecular complexity index is 849. The summed E-state index contributed by atoms with van der Waals surface area (Å²) < 4.78 is 15.7. The van der Waals surface area contributed by atoms with Crippen molar-refractivity contribution in [3.05, 3.63) is 88.7 Å². The van der Waals surface area contributed by atoms with E-state index in [0.717, 1.165) is 17.2 Å². The van der Waals surface area contributed by atoms with Gasteiger partial charge in [0.05, 0.1) is 11.9 Å². The molecule has 0 unspecified atom stereocenters. The second-order valence-corrected chi connectivity index (χ2v) is 5.80. The molecule has 0 aliphatic heterocycles. The van der Waals surface area contributed by atoms with E-state index in [4.69, 9.17) is 11.6 Å². The van der Waals surface area contributed by atoms with Crippen LogP contribution in [0, 0.1) is 5.82 Å². The Balaban J connectivity index is 1.65. The van der Waals surface area contributed by atoms with Gasteiger partial charge in [0.15, 0.2) is 0 Å². The Morgan fingerprint density at radius 1 is 1.21 bits per heavy atom. The van der Waals surface area contributed by atoms with Crippen LogP contribution in [0.25, 0.3) is 0 Å². The summed E-state index contributed by atoms with van der Waals surface area (Å²) in [4.78, 5) is 16.1. The number of rotatable bonds is 5. The molecule has 3 rings (SSSR count). The van der Waals surface area contributed by atoms with Gasteiger partial charge in [-0.05, 0) is 29.3 Å². The summed E-state index contributed by atoms with van der Waals surface area (Å²) in [7, 11) is 0. The molecule has 2 aromatic carbocycles. The van der Waals surface area contributed by atoms with Gasteiger partial charge in [-0.15, -0.1) is 0 Å². The minimum absolute atomic E-state index is 0.0195. The van der Waals surface area contributed by atoms with Crippen LogP contribution in [-0.4, -0.2) is 15.5 Å². The normalized spacial score (nSPS) is 10.6. The zero-order chi connectivity index (χ0) is 16.9. The molecule has 0 saturated carbocycles. The van der Waals surface area contributed by atoms with Gasteiger partial charge in [0.25, 0.3) is 5.91 Å². The maximum Gasteiger partial charge on any atom is 0.254 e. The minimum atomic E-state index is -0.631. The fourth-order valence-electron chi connectivity index (χ4n) is 2.38. The van der Waals surface area contributed by atoms with E-state index in [-0.39, 0.29) is 10.6 Å². The van der Waals surface area contributed by atoms with E-state index < -0.39 is 11.7 Å². The van der Waals surface area contributed by atoms with E-state index in [1.807, 2.05) is 35.0 Å². The summed E-state index contributed by atoms with van der Waals surface area (Å²) >= 11 is 5.69. The maximum absolute atomic E-state index is 13.7. The number of hydrogen-bond donors (Lipinski definition) is 1. The standard InChI is InChI=1S/C18H15ClFN3O/c19-15-4-5-16(17(20)9-15)18(24)22-10-13-2-1-3-14(8-13)11-23-7-6-21-12-23/h1-9,12H,10-11H2,(H,22,24). The topological polar surface area (TPSA) is 46.9 Å². The third kappa shape index (κ3) is 4.00. The summed E-state index contributed by atoms with van der Waals surface area (Å²) in [5.41, 5.74) is 2.02. The molecule has 0 aliphatic rings. The van der Waals surface area contributed by atoms with E-state index >= 15 is 0 Å². The first-order valence-corrected chi connectivity index (χ1v) is 7.76. The largest absolute Gasteiger partial charge is 0.348 e. The summed E-state index contributed by atoms with van der Waals surface area (Å²) in [5.74, 6) is -1.10. The number of amides is 1. The first-order chi connectivity index (χ1) is 11.6. The molecule has 0 radical (unpaired) electrons. The lowest BCUT2D eigenvalue weighted by Crippen LogP contribution is -2.23. The number of nitrogens with one attached hydrogen (secondary N) is 1. The average Bonchev–Trinajstić information content (AvgIpc) is 3.06. The van der Waals surface area contributed by atoms with E-state index in [0.29, 0.717) is 13.1 Å². The third-order valence-electron chi connectivity index (χ3n) is 3.54. The summed E-state index contributed by atoms with van der Waals surface area (Å²) in [6, 6.07) is 11.8. The lowest BCUT2D eigenvalue weighted by molar-refractivity contribution is 0.0947. The molecule has 0 aliphatic carbocycles. The Kier molecular flexibility index (Phi) is 4.91. The first kappa shape index (κ1) is 16.2. The Labute approximate surface area is 143 Å². The summed E-state index contributed by atoms with van der Waals surface area (Å²) in [6.07, 6.45) is 5.36. The van der Waals surface area contributed by atoms with Gasteiger partial charge in [0, 0.05) is 30.5 Å². The van der Waals surface area contributed by atoms with Crippen LogP contribution in [0.3, 0.4) is 0 Å². The van der Waals surface area contributed by atoms with Crippen molar-refractivity contribution in [2.75, 3.05) is 0 Å². The molecular weight excluding hydrogens is 329 g/mol. The number of carbonyl (C=O) groups excluding carboxylic acids is 1. The molecule has 0 bridgehead atoms. The van der Waals surface area contributed by atoms with Crippen LogP contribution in [0.4, 0.5) is 4.39 Å². The van der Waals surface area contributed by atoms with Gasteiger partial charge in [0.1, 0.15) is 5.82 Å². The van der Waals surface area contributed by atoms with Gasteiger partial charge in [-0.1, -0.05) is 35.9 Å². The lowest BCUT2D eigenvalue weighted by Gasteiger charge is -2.09. The van der Waals surface area contributed by atoms with Crippen molar-refractivity contribution in [1.29, 1.82) is 0 Å². The highest BCUT2D eigenvalue weighted by atomic mass is 35.5. The molecular formula is C18H15ClFN3O. The van der Waals surface area contributed by atoms with Gasteiger partial charge in [-0.2, -0.15) is 0 Å². The zero-order valence-electron chi connectivity index (χ0n) is 12.7. The highest BCUT2D eigenvalue weighted by Crippen LogP contribution is 2.15. The smallest absolute Gasteiger partial charge is 0.254 e. The van der Waals surface area contributed by atoms with Crippen molar-refractivity contribution in [1.82, 2.24) is 14.9 Å². The average molecular weight is 344 g/mol. The van der Waals surface area contributed by atoms with Gasteiger partial charge in [0.2, 0.25) is 0 Å². The predicted molar refractivity (Wildman–Crippen MR) is 90.4 cm³/mol. The van der Waals surface area contributed by atoms with Crippen LogP contribution in [0.5, 0.6) is 0 Å². The molecule has 6 heteroatoms. The van der Waals surface area contributed by atoms with Crippen LogP contribution in [0.2, 0.25) is 5.02 Å². The number of imidazole rings is 1. The van der Waals surface area contributed by atoms with Crippen LogP contribution in [0.15, 0.2) is 61.2 Å². The van der Waals surface area contributed by atoms with Crippen molar-refractivity contribution in [3.63, 3.8) is 0 Å². The fraction of sp³-hybridized carbons (Fsp3) is 0.111. The molecule has 122 valence electrons. The molecule has 1 heterocycles.